The van der Waals surface area contributed by atoms with Gasteiger partial charge in [-0.3, -0.25) is 4.79 Å². The molecule has 0 spiro atoms. The van der Waals surface area contributed by atoms with E-state index in [0.717, 1.165) is 53.7 Å². The zero-order valence-corrected chi connectivity index (χ0v) is 20.0. The molecular weight excluding hydrogens is 422 g/mol. The van der Waals surface area contributed by atoms with Gasteiger partial charge in [-0.25, -0.2) is 4.98 Å². The maximum atomic E-state index is 13.3. The number of hydrogen-bond acceptors (Lipinski definition) is 5. The number of nitrogens with zero attached hydrogens (tertiary/aromatic N) is 3. The van der Waals surface area contributed by atoms with Gasteiger partial charge in [-0.15, -0.1) is 0 Å². The van der Waals surface area contributed by atoms with Crippen LogP contribution < -0.4 is 9.47 Å². The first-order valence-corrected chi connectivity index (χ1v) is 13.0. The lowest BCUT2D eigenvalue weighted by atomic mass is 10.0. The number of fused-ring (bicyclic) bond motifs is 1. The van der Waals surface area contributed by atoms with E-state index >= 15 is 0 Å². The van der Waals surface area contributed by atoms with E-state index in [9.17, 15) is 4.79 Å². The second-order valence-corrected chi connectivity index (χ2v) is 10.1. The molecule has 0 N–H and O–H groups in total. The summed E-state index contributed by atoms with van der Waals surface area (Å²) in [5, 5.41) is 1.01. The van der Waals surface area contributed by atoms with Crippen LogP contribution in [0.1, 0.15) is 74.0 Å². The molecule has 1 aliphatic carbocycles. The van der Waals surface area contributed by atoms with Crippen LogP contribution in [-0.2, 0) is 4.79 Å². The van der Waals surface area contributed by atoms with Gasteiger partial charge in [0.1, 0.15) is 0 Å². The van der Waals surface area contributed by atoms with Gasteiger partial charge in [0.15, 0.2) is 16.7 Å². The molecule has 1 aromatic heterocycles. The fourth-order valence-corrected chi connectivity index (χ4v) is 6.34. The molecule has 1 aromatic carbocycles. The third kappa shape index (κ3) is 4.24. The van der Waals surface area contributed by atoms with Crippen LogP contribution in [0.5, 0.6) is 11.5 Å². The number of ether oxygens (including phenoxy) is 2. The highest BCUT2D eigenvalue weighted by atomic mass is 32.2. The number of aromatic nitrogens is 2. The molecule has 3 aliphatic rings. The highest BCUT2D eigenvalue weighted by Gasteiger charge is 2.31. The Labute approximate surface area is 194 Å². The molecule has 1 saturated carbocycles. The van der Waals surface area contributed by atoms with Crippen molar-refractivity contribution in [3.63, 3.8) is 0 Å². The third-order valence-electron chi connectivity index (χ3n) is 7.10. The van der Waals surface area contributed by atoms with Crippen molar-refractivity contribution in [1.82, 2.24) is 14.5 Å². The molecule has 0 bridgehead atoms. The molecule has 2 aromatic rings. The van der Waals surface area contributed by atoms with E-state index in [-0.39, 0.29) is 11.9 Å². The zero-order chi connectivity index (χ0) is 22.1. The summed E-state index contributed by atoms with van der Waals surface area (Å²) >= 11 is 1.60. The van der Waals surface area contributed by atoms with E-state index in [4.69, 9.17) is 14.5 Å². The Balaban J connectivity index is 1.29. The van der Waals surface area contributed by atoms with Crippen molar-refractivity contribution in [3.8, 4) is 11.5 Å². The topological polar surface area (TPSA) is 56.6 Å². The van der Waals surface area contributed by atoms with E-state index < -0.39 is 0 Å². The van der Waals surface area contributed by atoms with Crippen LogP contribution >= 0.6 is 11.8 Å². The second kappa shape index (κ2) is 9.38. The Morgan fingerprint density at radius 1 is 1.06 bits per heavy atom. The van der Waals surface area contributed by atoms with Gasteiger partial charge in [-0.2, -0.15) is 0 Å². The minimum absolute atomic E-state index is 0.110. The predicted molar refractivity (Wildman–Crippen MR) is 126 cm³/mol. The molecule has 6 nitrogen and oxygen atoms in total. The van der Waals surface area contributed by atoms with Crippen molar-refractivity contribution in [2.45, 2.75) is 76.0 Å². The molecule has 2 fully saturated rings. The number of likely N-dealkylation sites (tertiary alicyclic amines) is 1. The van der Waals surface area contributed by atoms with Crippen molar-refractivity contribution >= 4 is 17.7 Å². The second-order valence-electron chi connectivity index (χ2n) is 9.16. The monoisotopic (exact) mass is 455 g/mol. The van der Waals surface area contributed by atoms with Crippen molar-refractivity contribution in [2.24, 2.45) is 0 Å². The van der Waals surface area contributed by atoms with Gasteiger partial charge in [-0.1, -0.05) is 30.7 Å². The molecule has 7 heteroatoms. The van der Waals surface area contributed by atoms with Gasteiger partial charge < -0.3 is 18.9 Å². The van der Waals surface area contributed by atoms with E-state index in [1.807, 2.05) is 6.07 Å². The molecule has 3 heterocycles. The summed E-state index contributed by atoms with van der Waals surface area (Å²) in [6.07, 6.45) is 7.93. The molecule has 1 atom stereocenters. The summed E-state index contributed by atoms with van der Waals surface area (Å²) in [4.78, 5) is 20.1. The maximum absolute atomic E-state index is 13.3. The number of thioether (sulfide) groups is 1. The van der Waals surface area contributed by atoms with Gasteiger partial charge in [-0.05, 0) is 57.2 Å². The molecular formula is C25H33N3O3S. The predicted octanol–water partition coefficient (Wildman–Crippen LogP) is 5.23. The van der Waals surface area contributed by atoms with Gasteiger partial charge in [0.25, 0.3) is 0 Å². The lowest BCUT2D eigenvalue weighted by Crippen LogP contribution is -2.32. The summed E-state index contributed by atoms with van der Waals surface area (Å²) in [7, 11) is 0. The Morgan fingerprint density at radius 2 is 1.84 bits per heavy atom. The molecule has 1 amide bonds. The van der Waals surface area contributed by atoms with Crippen molar-refractivity contribution in [1.29, 1.82) is 0 Å². The number of carbonyl (C=O) groups excluding carboxylic acids is 1. The lowest BCUT2D eigenvalue weighted by molar-refractivity contribution is -0.129. The first kappa shape index (κ1) is 21.7. The summed E-state index contributed by atoms with van der Waals surface area (Å²) in [6.45, 7) is 6.41. The number of benzene rings is 1. The molecule has 1 unspecified atom stereocenters. The van der Waals surface area contributed by atoms with E-state index in [2.05, 4.69) is 35.4 Å². The number of amides is 1. The summed E-state index contributed by atoms with van der Waals surface area (Å²) in [6, 6.07) is 6.81. The van der Waals surface area contributed by atoms with Crippen molar-refractivity contribution in [3.05, 3.63) is 35.2 Å². The van der Waals surface area contributed by atoms with Crippen LogP contribution in [-0.4, -0.2) is 45.9 Å². The number of hydrogen-bond donors (Lipinski definition) is 0. The summed E-state index contributed by atoms with van der Waals surface area (Å²) in [5.41, 5.74) is 3.47. The molecule has 2 aliphatic heterocycles. The Bertz CT molecular complexity index is 983. The molecule has 5 rings (SSSR count). The van der Waals surface area contributed by atoms with Gasteiger partial charge in [0.05, 0.1) is 30.7 Å². The average Bonchev–Trinajstić information content (AvgIpc) is 3.51. The quantitative estimate of drug-likeness (QED) is 0.578. The first-order valence-electron chi connectivity index (χ1n) is 12.0. The summed E-state index contributed by atoms with van der Waals surface area (Å²) in [5.74, 6) is 2.24. The highest BCUT2D eigenvalue weighted by Crippen LogP contribution is 2.39. The SMILES string of the molecule is Cc1nc(SCC(=O)N2CCCC2c2ccc3c(c2)OCCCO3)n(C2CCCC2)c1C. The van der Waals surface area contributed by atoms with Crippen LogP contribution in [0.4, 0.5) is 0 Å². The Morgan fingerprint density at radius 3 is 2.66 bits per heavy atom. The first-order chi connectivity index (χ1) is 15.6. The number of aryl methyl sites for hydroxylation is 1. The van der Waals surface area contributed by atoms with Crippen LogP contribution in [0.3, 0.4) is 0 Å². The van der Waals surface area contributed by atoms with E-state index in [0.29, 0.717) is 25.0 Å². The normalized spacial score (nSPS) is 21.2. The largest absolute Gasteiger partial charge is 0.490 e. The molecule has 1 saturated heterocycles. The van der Waals surface area contributed by atoms with Crippen LogP contribution in [0, 0.1) is 13.8 Å². The highest BCUT2D eigenvalue weighted by molar-refractivity contribution is 7.99. The minimum atomic E-state index is 0.110. The fourth-order valence-electron chi connectivity index (χ4n) is 5.30. The van der Waals surface area contributed by atoms with Gasteiger partial charge in [0, 0.05) is 24.7 Å². The molecule has 0 radical (unpaired) electrons. The molecule has 172 valence electrons. The number of rotatable bonds is 5. The number of carbonyl (C=O) groups is 1. The Kier molecular flexibility index (Phi) is 6.35. The van der Waals surface area contributed by atoms with Gasteiger partial charge >= 0.3 is 0 Å². The maximum Gasteiger partial charge on any atom is 0.233 e. The minimum Gasteiger partial charge on any atom is -0.490 e. The van der Waals surface area contributed by atoms with Gasteiger partial charge in [0.2, 0.25) is 5.91 Å². The smallest absolute Gasteiger partial charge is 0.233 e. The van der Waals surface area contributed by atoms with E-state index in [1.54, 1.807) is 11.8 Å². The standard InChI is InChI=1S/C25H33N3O3S/c1-17-18(2)28(20-7-3-4-8-20)25(26-17)32-16-24(29)27-12-5-9-21(27)19-10-11-22-23(15-19)31-14-6-13-30-22/h10-11,15,20-21H,3-9,12-14,16H2,1-2H3. The summed E-state index contributed by atoms with van der Waals surface area (Å²) < 4.78 is 14.1. The lowest BCUT2D eigenvalue weighted by Gasteiger charge is -2.26. The zero-order valence-electron chi connectivity index (χ0n) is 19.1. The van der Waals surface area contributed by atoms with Crippen molar-refractivity contribution in [2.75, 3.05) is 25.5 Å². The number of imidazole rings is 1. The van der Waals surface area contributed by atoms with Crippen LogP contribution in [0.25, 0.3) is 0 Å². The van der Waals surface area contributed by atoms with Crippen LogP contribution in [0.15, 0.2) is 23.4 Å². The molecule has 32 heavy (non-hydrogen) atoms. The van der Waals surface area contributed by atoms with E-state index in [1.165, 1.54) is 31.4 Å². The Hall–Kier alpha value is -2.15. The fraction of sp³-hybridized carbons (Fsp3) is 0.600. The average molecular weight is 456 g/mol. The third-order valence-corrected chi connectivity index (χ3v) is 8.04. The van der Waals surface area contributed by atoms with Crippen molar-refractivity contribution < 1.29 is 14.3 Å². The van der Waals surface area contributed by atoms with Crippen LogP contribution in [0.2, 0.25) is 0 Å².